The van der Waals surface area contributed by atoms with Crippen molar-refractivity contribution < 1.29 is 38.8 Å². The molecule has 1 heterocycles. The summed E-state index contributed by atoms with van der Waals surface area (Å²) in [6.45, 7) is 6.83. The van der Waals surface area contributed by atoms with Crippen LogP contribution in [0.15, 0.2) is 35.5 Å². The quantitative estimate of drug-likeness (QED) is 0.405. The molecular weight excluding hydrogens is 380 g/mol. The third kappa shape index (κ3) is 4.94. The van der Waals surface area contributed by atoms with E-state index in [1.165, 1.54) is 13.2 Å². The molecule has 8 heteroatoms. The minimum absolute atomic E-state index is 0.0476. The van der Waals surface area contributed by atoms with Gasteiger partial charge < -0.3 is 24.4 Å². The molecular formula is C21H28O8. The van der Waals surface area contributed by atoms with E-state index in [1.807, 2.05) is 0 Å². The average Bonchev–Trinajstić information content (AvgIpc) is 2.99. The summed E-state index contributed by atoms with van der Waals surface area (Å²) < 4.78 is 15.7. The maximum atomic E-state index is 12.5. The molecule has 0 radical (unpaired) electrons. The maximum Gasteiger partial charge on any atom is 0.336 e. The van der Waals surface area contributed by atoms with Crippen molar-refractivity contribution in [2.45, 2.75) is 51.4 Å². The van der Waals surface area contributed by atoms with E-state index in [0.29, 0.717) is 24.8 Å². The van der Waals surface area contributed by atoms with Gasteiger partial charge in [0.1, 0.15) is 18.3 Å². The minimum atomic E-state index is -1.54. The molecule has 0 saturated carbocycles. The van der Waals surface area contributed by atoms with E-state index in [0.717, 1.165) is 0 Å². The van der Waals surface area contributed by atoms with Crippen LogP contribution in [0.3, 0.4) is 0 Å². The highest BCUT2D eigenvalue weighted by atomic mass is 16.6. The van der Waals surface area contributed by atoms with E-state index in [9.17, 15) is 24.6 Å². The van der Waals surface area contributed by atoms with Crippen molar-refractivity contribution in [1.82, 2.24) is 0 Å². The molecule has 2 aliphatic rings. The zero-order chi connectivity index (χ0) is 21.7. The molecule has 0 bridgehead atoms. The summed E-state index contributed by atoms with van der Waals surface area (Å²) in [5.74, 6) is -3.20. The molecule has 2 rings (SSSR count). The van der Waals surface area contributed by atoms with Crippen LogP contribution in [-0.4, -0.2) is 60.1 Å². The molecule has 0 aromatic heterocycles. The maximum absolute atomic E-state index is 12.5. The molecule has 160 valence electrons. The van der Waals surface area contributed by atoms with Crippen molar-refractivity contribution in [1.29, 1.82) is 0 Å². The van der Waals surface area contributed by atoms with E-state index >= 15 is 0 Å². The van der Waals surface area contributed by atoms with E-state index in [-0.39, 0.29) is 23.7 Å². The van der Waals surface area contributed by atoms with Crippen molar-refractivity contribution in [3.8, 4) is 0 Å². The highest BCUT2D eigenvalue weighted by molar-refractivity contribution is 5.93. The van der Waals surface area contributed by atoms with Crippen LogP contribution >= 0.6 is 0 Å². The minimum Gasteiger partial charge on any atom is -0.466 e. The van der Waals surface area contributed by atoms with Crippen LogP contribution in [0.1, 0.15) is 33.1 Å². The van der Waals surface area contributed by atoms with Gasteiger partial charge in [0.25, 0.3) is 0 Å². The lowest BCUT2D eigenvalue weighted by Crippen LogP contribution is -2.45. The predicted octanol–water partition coefficient (Wildman–Crippen LogP) is 1.21. The Kier molecular flexibility index (Phi) is 7.75. The van der Waals surface area contributed by atoms with Gasteiger partial charge in [0.05, 0.1) is 18.6 Å². The van der Waals surface area contributed by atoms with Gasteiger partial charge in [0, 0.05) is 17.8 Å². The number of ether oxygens (including phenoxy) is 3. The van der Waals surface area contributed by atoms with Gasteiger partial charge in [-0.3, -0.25) is 0 Å². The molecule has 1 saturated heterocycles. The van der Waals surface area contributed by atoms with E-state index < -0.39 is 42.1 Å². The van der Waals surface area contributed by atoms with Gasteiger partial charge in [0.15, 0.2) is 0 Å². The molecule has 1 fully saturated rings. The molecule has 1 aliphatic heterocycles. The number of fused-ring (bicyclic) bond motifs is 1. The summed E-state index contributed by atoms with van der Waals surface area (Å²) in [6.07, 6.45) is 0.704. The Morgan fingerprint density at radius 1 is 1.41 bits per heavy atom. The third-order valence-corrected chi connectivity index (χ3v) is 5.49. The molecule has 1 aliphatic carbocycles. The topological polar surface area (TPSA) is 119 Å². The van der Waals surface area contributed by atoms with Crippen molar-refractivity contribution in [2.75, 3.05) is 13.7 Å². The predicted molar refractivity (Wildman–Crippen MR) is 102 cm³/mol. The summed E-state index contributed by atoms with van der Waals surface area (Å²) >= 11 is 0. The number of esters is 3. The van der Waals surface area contributed by atoms with Gasteiger partial charge in [-0.2, -0.15) is 0 Å². The fourth-order valence-corrected chi connectivity index (χ4v) is 3.63. The number of hydrogen-bond donors (Lipinski definition) is 2. The van der Waals surface area contributed by atoms with Crippen LogP contribution < -0.4 is 0 Å². The number of hydrogen-bond acceptors (Lipinski definition) is 8. The summed E-state index contributed by atoms with van der Waals surface area (Å²) in [5.41, 5.74) is 0.276. The number of aliphatic hydroxyl groups excluding tert-OH is 2. The van der Waals surface area contributed by atoms with Gasteiger partial charge >= 0.3 is 17.9 Å². The van der Waals surface area contributed by atoms with Crippen molar-refractivity contribution >= 4 is 17.9 Å². The smallest absolute Gasteiger partial charge is 0.336 e. The lowest BCUT2D eigenvalue weighted by Gasteiger charge is -2.33. The fraction of sp³-hybridized carbons (Fsp3) is 0.571. The first kappa shape index (κ1) is 22.8. The number of rotatable bonds is 4. The van der Waals surface area contributed by atoms with Gasteiger partial charge in [-0.1, -0.05) is 18.7 Å². The number of methoxy groups -OCH3 is 1. The molecule has 0 unspecified atom stereocenters. The van der Waals surface area contributed by atoms with Gasteiger partial charge in [0.2, 0.25) is 0 Å². The van der Waals surface area contributed by atoms with E-state index in [2.05, 4.69) is 6.58 Å². The Labute approximate surface area is 169 Å². The van der Waals surface area contributed by atoms with Crippen LogP contribution in [0, 0.1) is 11.8 Å². The fourth-order valence-electron chi connectivity index (χ4n) is 3.63. The Bertz CT molecular complexity index is 735. The first-order valence-corrected chi connectivity index (χ1v) is 9.56. The molecule has 29 heavy (non-hydrogen) atoms. The standard InChI is InChI=1S/C21H28O8/c1-5-11(2)19(24)29-18-16-12(3)20(25)28-15(16)9-13(10-22)7-6-8-14(17(18)23)21(26)27-4/h5,8,13,15-18,22-23H,3,6-7,9-10H2,1-2,4H3/b11-5-,14-8+/t13-,15+,16-,17-,18-/m0/s1. The molecule has 2 N–H and O–H groups in total. The summed E-state index contributed by atoms with van der Waals surface area (Å²) in [7, 11) is 1.18. The van der Waals surface area contributed by atoms with Crippen molar-refractivity contribution in [3.63, 3.8) is 0 Å². The van der Waals surface area contributed by atoms with Crippen LogP contribution in [0.4, 0.5) is 0 Å². The zero-order valence-corrected chi connectivity index (χ0v) is 16.9. The third-order valence-electron chi connectivity index (χ3n) is 5.49. The second-order valence-corrected chi connectivity index (χ2v) is 7.29. The molecule has 0 aromatic carbocycles. The van der Waals surface area contributed by atoms with Gasteiger partial charge in [-0.25, -0.2) is 14.4 Å². The van der Waals surface area contributed by atoms with Gasteiger partial charge in [-0.15, -0.1) is 0 Å². The van der Waals surface area contributed by atoms with Crippen LogP contribution in [0.25, 0.3) is 0 Å². The molecule has 0 spiro atoms. The first-order chi connectivity index (χ1) is 13.7. The average molecular weight is 408 g/mol. The number of allylic oxidation sites excluding steroid dienone is 2. The summed E-state index contributed by atoms with van der Waals surface area (Å²) in [6, 6.07) is 0. The Morgan fingerprint density at radius 3 is 2.69 bits per heavy atom. The lowest BCUT2D eigenvalue weighted by molar-refractivity contribution is -0.157. The summed E-state index contributed by atoms with van der Waals surface area (Å²) in [5, 5.41) is 20.7. The van der Waals surface area contributed by atoms with Gasteiger partial charge in [-0.05, 0) is 39.0 Å². The van der Waals surface area contributed by atoms with Crippen LogP contribution in [0.5, 0.6) is 0 Å². The Hall–Kier alpha value is -2.45. The monoisotopic (exact) mass is 408 g/mol. The van der Waals surface area contributed by atoms with E-state index in [4.69, 9.17) is 14.2 Å². The highest BCUT2D eigenvalue weighted by Gasteiger charge is 2.50. The second-order valence-electron chi connectivity index (χ2n) is 7.29. The SMILES string of the molecule is C=C1C(=O)O[C@@H]2C[C@@H](CO)CC/C=C(/C(=O)OC)[C@H](O)[C@@H](OC(=O)/C(C)=C\C)[C@@H]12. The molecule has 8 nitrogen and oxygen atoms in total. The number of aliphatic hydroxyl groups is 2. The highest BCUT2D eigenvalue weighted by Crippen LogP contribution is 2.39. The Balaban J connectivity index is 2.54. The number of carbonyl (C=O) groups excluding carboxylic acids is 3. The van der Waals surface area contributed by atoms with Crippen LogP contribution in [0.2, 0.25) is 0 Å². The lowest BCUT2D eigenvalue weighted by atomic mass is 9.80. The largest absolute Gasteiger partial charge is 0.466 e. The first-order valence-electron chi connectivity index (χ1n) is 9.56. The van der Waals surface area contributed by atoms with Crippen molar-refractivity contribution in [2.24, 2.45) is 11.8 Å². The summed E-state index contributed by atoms with van der Waals surface area (Å²) in [4.78, 5) is 36.9. The second kappa shape index (κ2) is 9.84. The van der Waals surface area contributed by atoms with E-state index in [1.54, 1.807) is 19.9 Å². The molecule has 0 amide bonds. The molecule has 0 aromatic rings. The number of carbonyl (C=O) groups is 3. The zero-order valence-electron chi connectivity index (χ0n) is 16.9. The molecule has 5 atom stereocenters. The normalized spacial score (nSPS) is 32.5. The van der Waals surface area contributed by atoms with Crippen LogP contribution in [-0.2, 0) is 28.6 Å². The van der Waals surface area contributed by atoms with Crippen molar-refractivity contribution in [3.05, 3.63) is 35.5 Å². The Morgan fingerprint density at radius 2 is 2.10 bits per heavy atom.